The highest BCUT2D eigenvalue weighted by atomic mass is 32.1. The Morgan fingerprint density at radius 1 is 1.24 bits per heavy atom. The maximum atomic E-state index is 11.3. The van der Waals surface area contributed by atoms with E-state index < -0.39 is 33.1 Å². The average Bonchev–Trinajstić information content (AvgIpc) is 2.13. The van der Waals surface area contributed by atoms with Crippen molar-refractivity contribution in [3.8, 4) is 0 Å². The van der Waals surface area contributed by atoms with Crippen LogP contribution in [0.4, 0.5) is 0 Å². The number of piperidine rings is 1. The predicted molar refractivity (Wildman–Crippen MR) is 66.5 cm³/mol. The first-order chi connectivity index (χ1) is 7.59. The topological polar surface area (TPSA) is 127 Å². The second kappa shape index (κ2) is 5.72. The molecule has 1 aliphatic heterocycles. The third kappa shape index (κ3) is 5.41. The summed E-state index contributed by atoms with van der Waals surface area (Å²) in [6.45, 7) is 0.478. The van der Waals surface area contributed by atoms with Gasteiger partial charge in [0.1, 0.15) is 0 Å². The lowest BCUT2D eigenvalue weighted by molar-refractivity contribution is 0.312. The molecular weight excluding hydrogens is 288 g/mol. The zero-order valence-corrected chi connectivity index (χ0v) is 11.7. The van der Waals surface area contributed by atoms with E-state index in [1.165, 1.54) is 0 Å². The summed E-state index contributed by atoms with van der Waals surface area (Å²) < 4.78 is 22.2. The van der Waals surface area contributed by atoms with Crippen molar-refractivity contribution in [2.24, 2.45) is 0 Å². The number of nitrogens with one attached hydrogen (secondary N) is 1. The van der Waals surface area contributed by atoms with E-state index in [-0.39, 0.29) is 5.25 Å². The van der Waals surface area contributed by atoms with Gasteiger partial charge < -0.3 is 24.9 Å². The Morgan fingerprint density at radius 2 is 1.82 bits per heavy atom. The molecule has 0 amide bonds. The third-order valence-electron chi connectivity index (χ3n) is 2.75. The first-order valence-electron chi connectivity index (χ1n) is 5.11. The molecule has 3 atom stereocenters. The van der Waals surface area contributed by atoms with E-state index in [4.69, 9.17) is 19.6 Å². The number of hydrogen-bond acceptors (Lipinski definition) is 4. The molecule has 5 N–H and O–H groups in total. The van der Waals surface area contributed by atoms with E-state index in [2.05, 4.69) is 17.9 Å². The molecule has 1 aliphatic rings. The van der Waals surface area contributed by atoms with Crippen LogP contribution in [0.1, 0.15) is 12.8 Å². The monoisotopic (exact) mass is 305 g/mol. The molecule has 1 fully saturated rings. The van der Waals surface area contributed by atoms with Crippen molar-refractivity contribution in [3.05, 3.63) is 0 Å². The summed E-state index contributed by atoms with van der Waals surface area (Å²) in [4.78, 5) is 36.1. The molecule has 0 aromatic carbocycles. The molecule has 1 rings (SSSR count). The molecular formula is C7H17NO6P2S. The second-order valence-corrected chi connectivity index (χ2v) is 8.52. The van der Waals surface area contributed by atoms with E-state index in [9.17, 15) is 9.13 Å². The molecule has 0 aromatic rings. The minimum absolute atomic E-state index is 0.110. The van der Waals surface area contributed by atoms with Crippen LogP contribution < -0.4 is 5.32 Å². The average molecular weight is 305 g/mol. The van der Waals surface area contributed by atoms with Gasteiger partial charge in [-0.25, -0.2) is 0 Å². The van der Waals surface area contributed by atoms with Crippen molar-refractivity contribution in [1.29, 1.82) is 0 Å². The van der Waals surface area contributed by atoms with Gasteiger partial charge in [0.25, 0.3) is 0 Å². The lowest BCUT2D eigenvalue weighted by Gasteiger charge is -2.33. The smallest absolute Gasteiger partial charge is 0.324 e. The first-order valence-corrected chi connectivity index (χ1v) is 9.10. The van der Waals surface area contributed by atoms with Gasteiger partial charge in [0.15, 0.2) is 0 Å². The fraction of sp³-hybridized carbons (Fsp3) is 1.00. The van der Waals surface area contributed by atoms with Gasteiger partial charge >= 0.3 is 15.2 Å². The SMILES string of the molecule is O=P(O)(O)CC(C1CCC(S)CN1)P(=O)(O)O. The summed E-state index contributed by atoms with van der Waals surface area (Å²) in [6.07, 6.45) is 0.314. The van der Waals surface area contributed by atoms with Crippen molar-refractivity contribution >= 4 is 27.8 Å². The van der Waals surface area contributed by atoms with E-state index in [1.54, 1.807) is 0 Å². The Bertz CT molecular complexity index is 346. The molecule has 0 bridgehead atoms. The fourth-order valence-corrected chi connectivity index (χ4v) is 5.11. The highest BCUT2D eigenvalue weighted by molar-refractivity contribution is 7.81. The second-order valence-electron chi connectivity index (χ2n) is 4.25. The molecule has 0 aromatic heterocycles. The Hall–Kier alpha value is 0.610. The van der Waals surface area contributed by atoms with Crippen LogP contribution >= 0.6 is 27.8 Å². The van der Waals surface area contributed by atoms with Gasteiger partial charge in [-0.05, 0) is 12.8 Å². The Morgan fingerprint density at radius 3 is 2.18 bits per heavy atom. The molecule has 0 spiro atoms. The van der Waals surface area contributed by atoms with Crippen LogP contribution in [-0.2, 0) is 9.13 Å². The lowest BCUT2D eigenvalue weighted by Crippen LogP contribution is -2.47. The highest BCUT2D eigenvalue weighted by Gasteiger charge is 2.41. The van der Waals surface area contributed by atoms with Crippen LogP contribution in [0.2, 0.25) is 0 Å². The standard InChI is InChI=1S/C7H17NO6P2S/c9-15(10,11)4-7(16(12,13)14)6-2-1-5(17)3-8-6/h5-8,17H,1-4H2,(H2,9,10,11)(H2,12,13,14). The van der Waals surface area contributed by atoms with E-state index in [1.807, 2.05) is 0 Å². The molecule has 17 heavy (non-hydrogen) atoms. The summed E-state index contributed by atoms with van der Waals surface area (Å²) in [5.74, 6) is 0. The van der Waals surface area contributed by atoms with Gasteiger partial charge in [-0.15, -0.1) is 0 Å². The van der Waals surface area contributed by atoms with Gasteiger partial charge in [0.05, 0.1) is 11.8 Å². The van der Waals surface area contributed by atoms with Crippen LogP contribution in [0, 0.1) is 0 Å². The van der Waals surface area contributed by atoms with Crippen LogP contribution in [0.25, 0.3) is 0 Å². The quantitative estimate of drug-likeness (QED) is 0.312. The van der Waals surface area contributed by atoms with Crippen LogP contribution in [0.5, 0.6) is 0 Å². The van der Waals surface area contributed by atoms with Crippen molar-refractivity contribution < 1.29 is 28.7 Å². The summed E-state index contributed by atoms with van der Waals surface area (Å²) in [7, 11) is -8.99. The van der Waals surface area contributed by atoms with E-state index in [0.717, 1.165) is 0 Å². The minimum Gasteiger partial charge on any atom is -0.324 e. The molecule has 10 heteroatoms. The zero-order chi connectivity index (χ0) is 13.3. The molecule has 0 saturated carbocycles. The molecule has 1 heterocycles. The maximum Gasteiger partial charge on any atom is 0.330 e. The molecule has 102 valence electrons. The Labute approximate surface area is 105 Å². The van der Waals surface area contributed by atoms with Gasteiger partial charge in [-0.2, -0.15) is 12.6 Å². The van der Waals surface area contributed by atoms with Gasteiger partial charge in [-0.3, -0.25) is 9.13 Å². The maximum absolute atomic E-state index is 11.3. The number of thiol groups is 1. The lowest BCUT2D eigenvalue weighted by atomic mass is 10.0. The minimum atomic E-state index is -4.54. The third-order valence-corrected chi connectivity index (χ3v) is 5.75. The summed E-state index contributed by atoms with van der Waals surface area (Å²) in [5, 5.41) is 3.00. The van der Waals surface area contributed by atoms with Crippen LogP contribution in [0.3, 0.4) is 0 Å². The van der Waals surface area contributed by atoms with Crippen LogP contribution in [0.15, 0.2) is 0 Å². The van der Waals surface area contributed by atoms with Gasteiger partial charge in [-0.1, -0.05) is 0 Å². The first kappa shape index (κ1) is 15.7. The highest BCUT2D eigenvalue weighted by Crippen LogP contribution is 2.51. The molecule has 0 radical (unpaired) electrons. The summed E-state index contributed by atoms with van der Waals surface area (Å²) in [6, 6.07) is -0.577. The molecule has 1 saturated heterocycles. The summed E-state index contributed by atoms with van der Waals surface area (Å²) in [5.41, 5.74) is -1.34. The van der Waals surface area contributed by atoms with Gasteiger partial charge in [0, 0.05) is 17.8 Å². The fourth-order valence-electron chi connectivity index (χ4n) is 1.90. The summed E-state index contributed by atoms with van der Waals surface area (Å²) >= 11 is 4.22. The normalized spacial score (nSPS) is 29.0. The van der Waals surface area contributed by atoms with E-state index in [0.29, 0.717) is 19.4 Å². The number of rotatable bonds is 4. The molecule has 3 unspecified atom stereocenters. The molecule has 7 nitrogen and oxygen atoms in total. The predicted octanol–water partition coefficient (Wildman–Crippen LogP) is -0.239. The zero-order valence-electron chi connectivity index (χ0n) is 9.01. The van der Waals surface area contributed by atoms with Crippen molar-refractivity contribution in [2.45, 2.75) is 29.8 Å². The van der Waals surface area contributed by atoms with Crippen molar-refractivity contribution in [3.63, 3.8) is 0 Å². The van der Waals surface area contributed by atoms with Gasteiger partial charge in [0.2, 0.25) is 0 Å². The molecule has 0 aliphatic carbocycles. The Balaban J connectivity index is 2.77. The largest absolute Gasteiger partial charge is 0.330 e. The number of hydrogen-bond donors (Lipinski definition) is 6. The van der Waals surface area contributed by atoms with Crippen LogP contribution in [-0.4, -0.2) is 49.2 Å². The van der Waals surface area contributed by atoms with Crippen molar-refractivity contribution in [2.75, 3.05) is 12.7 Å². The van der Waals surface area contributed by atoms with E-state index >= 15 is 0 Å². The Kier molecular flexibility index (Phi) is 5.27. The van der Waals surface area contributed by atoms with Crippen molar-refractivity contribution in [1.82, 2.24) is 5.32 Å².